The summed E-state index contributed by atoms with van der Waals surface area (Å²) in [5, 5.41) is 0.428. The van der Waals surface area contributed by atoms with Crippen molar-refractivity contribution in [2.45, 2.75) is 0 Å². The van der Waals surface area contributed by atoms with E-state index in [1.807, 2.05) is 0 Å². The number of nitrogens with two attached hydrogens (primary N) is 1. The number of anilines is 1. The van der Waals surface area contributed by atoms with Crippen LogP contribution in [0.25, 0.3) is 0 Å². The summed E-state index contributed by atoms with van der Waals surface area (Å²) in [4.78, 5) is 16.6. The number of halogens is 1. The predicted molar refractivity (Wildman–Crippen MR) is 76.6 cm³/mol. The number of carbonyl (C=O) groups excluding carboxylic acids is 1. The van der Waals surface area contributed by atoms with Gasteiger partial charge in [-0.05, 0) is 24.3 Å². The lowest BCUT2D eigenvalue weighted by atomic mass is 10.0. The van der Waals surface area contributed by atoms with Crippen molar-refractivity contribution in [1.29, 1.82) is 0 Å². The van der Waals surface area contributed by atoms with Crippen molar-refractivity contribution >= 4 is 23.1 Å². The number of rotatable bonds is 4. The second-order valence-corrected chi connectivity index (χ2v) is 4.43. The molecule has 0 saturated heterocycles. The van der Waals surface area contributed by atoms with Gasteiger partial charge >= 0.3 is 0 Å². The van der Waals surface area contributed by atoms with E-state index >= 15 is 0 Å². The number of nitrogens with zero attached hydrogens (tertiary/aromatic N) is 1. The van der Waals surface area contributed by atoms with Crippen LogP contribution in [0.1, 0.15) is 15.9 Å². The first kappa shape index (κ1) is 14.1. The average Bonchev–Trinajstić information content (AvgIpc) is 2.48. The second kappa shape index (κ2) is 5.79. The number of hydrogen-bond acceptors (Lipinski definition) is 5. The van der Waals surface area contributed by atoms with E-state index < -0.39 is 0 Å². The molecule has 0 aliphatic rings. The second-order valence-electron chi connectivity index (χ2n) is 3.99. The van der Waals surface area contributed by atoms with Crippen LogP contribution in [-0.4, -0.2) is 25.0 Å². The van der Waals surface area contributed by atoms with Crippen molar-refractivity contribution in [3.8, 4) is 11.6 Å². The zero-order valence-corrected chi connectivity index (χ0v) is 11.8. The standard InChI is InChI=1S/C14H13ClN2O3/c1-19-9-6-11(14(20-2)17-7-9)13(18)10-5-8(15)3-4-12(10)16/h3-7H,16H2,1-2H3. The van der Waals surface area contributed by atoms with Crippen LogP contribution in [0.15, 0.2) is 30.5 Å². The minimum absolute atomic E-state index is 0.204. The van der Waals surface area contributed by atoms with Gasteiger partial charge in [-0.15, -0.1) is 0 Å². The largest absolute Gasteiger partial charge is 0.495 e. The normalized spacial score (nSPS) is 10.2. The van der Waals surface area contributed by atoms with E-state index in [2.05, 4.69) is 4.98 Å². The van der Waals surface area contributed by atoms with Gasteiger partial charge in [-0.1, -0.05) is 11.6 Å². The van der Waals surface area contributed by atoms with Gasteiger partial charge in [0.1, 0.15) is 5.75 Å². The molecule has 2 aromatic rings. The van der Waals surface area contributed by atoms with Gasteiger partial charge in [0.25, 0.3) is 0 Å². The summed E-state index contributed by atoms with van der Waals surface area (Å²) < 4.78 is 10.2. The molecule has 2 rings (SSSR count). The highest BCUT2D eigenvalue weighted by Gasteiger charge is 2.19. The number of ether oxygens (including phenoxy) is 2. The fraction of sp³-hybridized carbons (Fsp3) is 0.143. The molecule has 0 saturated carbocycles. The Balaban J connectivity index is 2.54. The lowest BCUT2D eigenvalue weighted by molar-refractivity contribution is 0.103. The SMILES string of the molecule is COc1cnc(OC)c(C(=O)c2cc(Cl)ccc2N)c1. The Bertz CT molecular complexity index is 659. The first-order valence-electron chi connectivity index (χ1n) is 5.74. The van der Waals surface area contributed by atoms with Gasteiger partial charge in [0.2, 0.25) is 11.7 Å². The number of hydrogen-bond donors (Lipinski definition) is 1. The quantitative estimate of drug-likeness (QED) is 0.692. The van der Waals surface area contributed by atoms with Crippen molar-refractivity contribution in [2.24, 2.45) is 0 Å². The molecule has 0 fully saturated rings. The molecule has 104 valence electrons. The van der Waals surface area contributed by atoms with Crippen LogP contribution in [-0.2, 0) is 0 Å². The number of nitrogen functional groups attached to an aromatic ring is 1. The van der Waals surface area contributed by atoms with E-state index in [0.717, 1.165) is 0 Å². The highest BCUT2D eigenvalue weighted by atomic mass is 35.5. The smallest absolute Gasteiger partial charge is 0.224 e. The van der Waals surface area contributed by atoms with Gasteiger partial charge in [-0.3, -0.25) is 4.79 Å². The van der Waals surface area contributed by atoms with Gasteiger partial charge in [-0.25, -0.2) is 4.98 Å². The van der Waals surface area contributed by atoms with Gasteiger partial charge in [0, 0.05) is 16.3 Å². The fourth-order valence-corrected chi connectivity index (χ4v) is 1.91. The van der Waals surface area contributed by atoms with Gasteiger partial charge in [0.15, 0.2) is 0 Å². The molecule has 20 heavy (non-hydrogen) atoms. The summed E-state index contributed by atoms with van der Waals surface area (Å²) in [5.74, 6) is 0.332. The number of ketones is 1. The summed E-state index contributed by atoms with van der Waals surface area (Å²) in [6, 6.07) is 6.26. The third kappa shape index (κ3) is 2.67. The zero-order chi connectivity index (χ0) is 14.7. The molecule has 5 nitrogen and oxygen atoms in total. The summed E-state index contributed by atoms with van der Waals surface area (Å²) in [6.07, 6.45) is 1.47. The Morgan fingerprint density at radius 1 is 1.20 bits per heavy atom. The summed E-state index contributed by atoms with van der Waals surface area (Å²) in [5.41, 5.74) is 6.72. The minimum Gasteiger partial charge on any atom is -0.495 e. The molecule has 0 amide bonds. The number of benzene rings is 1. The van der Waals surface area contributed by atoms with Crippen molar-refractivity contribution in [3.05, 3.63) is 46.6 Å². The van der Waals surface area contributed by atoms with Crippen LogP contribution in [0.2, 0.25) is 5.02 Å². The van der Waals surface area contributed by atoms with Crippen LogP contribution in [0.3, 0.4) is 0 Å². The molecule has 0 unspecified atom stereocenters. The van der Waals surface area contributed by atoms with E-state index in [0.29, 0.717) is 22.0 Å². The van der Waals surface area contributed by atoms with Crippen molar-refractivity contribution in [1.82, 2.24) is 4.98 Å². The monoisotopic (exact) mass is 292 g/mol. The van der Waals surface area contributed by atoms with E-state index in [1.165, 1.54) is 26.5 Å². The lowest BCUT2D eigenvalue weighted by Gasteiger charge is -2.10. The number of pyridine rings is 1. The maximum absolute atomic E-state index is 12.6. The highest BCUT2D eigenvalue weighted by molar-refractivity contribution is 6.31. The molecule has 1 heterocycles. The minimum atomic E-state index is -0.326. The van der Waals surface area contributed by atoms with E-state index in [4.69, 9.17) is 26.8 Å². The molecular weight excluding hydrogens is 280 g/mol. The van der Waals surface area contributed by atoms with E-state index in [9.17, 15) is 4.79 Å². The van der Waals surface area contributed by atoms with Gasteiger partial charge < -0.3 is 15.2 Å². The van der Waals surface area contributed by atoms with Crippen molar-refractivity contribution in [2.75, 3.05) is 20.0 Å². The molecule has 1 aromatic carbocycles. The maximum atomic E-state index is 12.6. The summed E-state index contributed by atoms with van der Waals surface area (Å²) in [6.45, 7) is 0. The van der Waals surface area contributed by atoms with Gasteiger partial charge in [0.05, 0.1) is 26.0 Å². The van der Waals surface area contributed by atoms with Crippen LogP contribution in [0.5, 0.6) is 11.6 Å². The molecule has 0 atom stereocenters. The Morgan fingerprint density at radius 3 is 2.60 bits per heavy atom. The van der Waals surface area contributed by atoms with Crippen LogP contribution in [0, 0.1) is 0 Å². The summed E-state index contributed by atoms with van der Waals surface area (Å²) in [7, 11) is 2.93. The average molecular weight is 293 g/mol. The van der Waals surface area contributed by atoms with Crippen molar-refractivity contribution in [3.63, 3.8) is 0 Å². The lowest BCUT2D eigenvalue weighted by Crippen LogP contribution is -2.08. The zero-order valence-electron chi connectivity index (χ0n) is 11.0. The van der Waals surface area contributed by atoms with E-state index in [-0.39, 0.29) is 17.2 Å². The van der Waals surface area contributed by atoms with Crippen LogP contribution < -0.4 is 15.2 Å². The fourth-order valence-electron chi connectivity index (χ4n) is 1.74. The number of methoxy groups -OCH3 is 2. The first-order valence-corrected chi connectivity index (χ1v) is 6.12. The number of aromatic nitrogens is 1. The molecule has 0 bridgehead atoms. The Hall–Kier alpha value is -2.27. The third-order valence-corrected chi connectivity index (χ3v) is 2.99. The molecular formula is C14H13ClN2O3. The summed E-state index contributed by atoms with van der Waals surface area (Å²) >= 11 is 5.90. The molecule has 0 aliphatic heterocycles. The van der Waals surface area contributed by atoms with Crippen LogP contribution in [0.4, 0.5) is 5.69 Å². The molecule has 1 aromatic heterocycles. The number of carbonyl (C=O) groups is 1. The third-order valence-electron chi connectivity index (χ3n) is 2.76. The highest BCUT2D eigenvalue weighted by Crippen LogP contribution is 2.27. The molecule has 0 radical (unpaired) electrons. The molecule has 0 aliphatic carbocycles. The predicted octanol–water partition coefficient (Wildman–Crippen LogP) is 2.57. The van der Waals surface area contributed by atoms with Crippen LogP contribution >= 0.6 is 11.6 Å². The Labute approximate surface area is 121 Å². The molecule has 0 spiro atoms. The Morgan fingerprint density at radius 2 is 1.95 bits per heavy atom. The molecule has 2 N–H and O–H groups in total. The maximum Gasteiger partial charge on any atom is 0.224 e. The van der Waals surface area contributed by atoms with Gasteiger partial charge in [-0.2, -0.15) is 0 Å². The van der Waals surface area contributed by atoms with Crippen molar-refractivity contribution < 1.29 is 14.3 Å². The first-order chi connectivity index (χ1) is 9.56. The molecule has 6 heteroatoms. The topological polar surface area (TPSA) is 74.4 Å². The Kier molecular flexibility index (Phi) is 4.10. The van der Waals surface area contributed by atoms with E-state index in [1.54, 1.807) is 18.2 Å².